The van der Waals surface area contributed by atoms with E-state index in [9.17, 15) is 4.79 Å². The van der Waals surface area contributed by atoms with Gasteiger partial charge in [0, 0.05) is 6.04 Å². The maximum absolute atomic E-state index is 12.0. The molecule has 0 aliphatic heterocycles. The van der Waals surface area contributed by atoms with Crippen molar-refractivity contribution in [3.05, 3.63) is 0 Å². The molecule has 3 nitrogen and oxygen atoms in total. The predicted molar refractivity (Wildman–Crippen MR) is 62.4 cm³/mol. The smallest absolute Gasteiger partial charge is 0.240 e. The standard InChI is InChI=1S/C12H24N2O/c1-9(11(2,3)4)14-10(15)12(13)7-5-6-8-12/h9H,5-8,13H2,1-4H3,(H,14,15). The molecule has 1 saturated carbocycles. The largest absolute Gasteiger partial charge is 0.352 e. The van der Waals surface area contributed by atoms with Gasteiger partial charge >= 0.3 is 0 Å². The van der Waals surface area contributed by atoms with E-state index >= 15 is 0 Å². The summed E-state index contributed by atoms with van der Waals surface area (Å²) in [6.45, 7) is 8.40. The van der Waals surface area contributed by atoms with Gasteiger partial charge in [-0.2, -0.15) is 0 Å². The van der Waals surface area contributed by atoms with Gasteiger partial charge in [0.15, 0.2) is 0 Å². The van der Waals surface area contributed by atoms with Crippen LogP contribution in [0.5, 0.6) is 0 Å². The molecule has 0 aromatic heterocycles. The van der Waals surface area contributed by atoms with E-state index in [1.807, 2.05) is 6.92 Å². The SMILES string of the molecule is CC(NC(=O)C1(N)CCCC1)C(C)(C)C. The van der Waals surface area contributed by atoms with E-state index in [0.29, 0.717) is 0 Å². The predicted octanol–water partition coefficient (Wildman–Crippen LogP) is 1.81. The molecule has 0 radical (unpaired) electrons. The fourth-order valence-corrected chi connectivity index (χ4v) is 1.79. The lowest BCUT2D eigenvalue weighted by Gasteiger charge is -2.32. The molecule has 0 spiro atoms. The minimum atomic E-state index is -0.598. The van der Waals surface area contributed by atoms with Crippen LogP contribution in [0.1, 0.15) is 53.4 Å². The summed E-state index contributed by atoms with van der Waals surface area (Å²) in [5.41, 5.74) is 5.57. The highest BCUT2D eigenvalue weighted by Crippen LogP contribution is 2.28. The highest BCUT2D eigenvalue weighted by atomic mass is 16.2. The van der Waals surface area contributed by atoms with Crippen molar-refractivity contribution in [2.24, 2.45) is 11.1 Å². The van der Waals surface area contributed by atoms with Crippen LogP contribution in [0.3, 0.4) is 0 Å². The Bertz CT molecular complexity index is 236. The van der Waals surface area contributed by atoms with Crippen molar-refractivity contribution in [2.45, 2.75) is 65.0 Å². The van der Waals surface area contributed by atoms with Gasteiger partial charge in [0.05, 0.1) is 5.54 Å². The van der Waals surface area contributed by atoms with E-state index < -0.39 is 5.54 Å². The molecule has 15 heavy (non-hydrogen) atoms. The van der Waals surface area contributed by atoms with Crippen LogP contribution in [0.2, 0.25) is 0 Å². The fraction of sp³-hybridized carbons (Fsp3) is 0.917. The number of nitrogens with two attached hydrogens (primary N) is 1. The summed E-state index contributed by atoms with van der Waals surface area (Å²) in [5, 5.41) is 3.04. The summed E-state index contributed by atoms with van der Waals surface area (Å²) in [6.07, 6.45) is 3.81. The second-order valence-electron chi connectivity index (χ2n) is 5.92. The lowest BCUT2D eigenvalue weighted by molar-refractivity contribution is -0.127. The number of rotatable bonds is 2. The zero-order valence-corrected chi connectivity index (χ0v) is 10.4. The van der Waals surface area contributed by atoms with E-state index in [4.69, 9.17) is 5.73 Å². The van der Waals surface area contributed by atoms with Crippen LogP contribution >= 0.6 is 0 Å². The monoisotopic (exact) mass is 212 g/mol. The molecule has 0 heterocycles. The van der Waals surface area contributed by atoms with E-state index in [0.717, 1.165) is 25.7 Å². The first-order valence-electron chi connectivity index (χ1n) is 5.85. The van der Waals surface area contributed by atoms with Crippen LogP contribution in [0.15, 0.2) is 0 Å². The molecule has 1 rings (SSSR count). The zero-order valence-electron chi connectivity index (χ0n) is 10.4. The molecule has 1 aliphatic carbocycles. The van der Waals surface area contributed by atoms with E-state index in [-0.39, 0.29) is 17.4 Å². The average molecular weight is 212 g/mol. The Balaban J connectivity index is 2.55. The normalized spacial score (nSPS) is 22.5. The summed E-state index contributed by atoms with van der Waals surface area (Å²) in [4.78, 5) is 12.0. The van der Waals surface area contributed by atoms with Crippen molar-refractivity contribution in [1.82, 2.24) is 5.32 Å². The van der Waals surface area contributed by atoms with Crippen LogP contribution in [0.4, 0.5) is 0 Å². The molecule has 0 aromatic carbocycles. The Morgan fingerprint density at radius 2 is 1.80 bits per heavy atom. The molecule has 3 heteroatoms. The number of hydrogen-bond acceptors (Lipinski definition) is 2. The topological polar surface area (TPSA) is 55.1 Å². The van der Waals surface area contributed by atoms with Gasteiger partial charge in [0.2, 0.25) is 5.91 Å². The highest BCUT2D eigenvalue weighted by molar-refractivity contribution is 5.86. The van der Waals surface area contributed by atoms with Gasteiger partial charge in [-0.25, -0.2) is 0 Å². The van der Waals surface area contributed by atoms with Gasteiger partial charge in [-0.1, -0.05) is 33.6 Å². The van der Waals surface area contributed by atoms with Gasteiger partial charge in [0.25, 0.3) is 0 Å². The van der Waals surface area contributed by atoms with Gasteiger partial charge < -0.3 is 11.1 Å². The van der Waals surface area contributed by atoms with Crippen LogP contribution in [0.25, 0.3) is 0 Å². The summed E-state index contributed by atoms with van der Waals surface area (Å²) in [6, 6.07) is 0.158. The van der Waals surface area contributed by atoms with E-state index in [2.05, 4.69) is 26.1 Å². The second kappa shape index (κ2) is 4.12. The molecular weight excluding hydrogens is 188 g/mol. The van der Waals surface area contributed by atoms with Gasteiger partial charge in [-0.15, -0.1) is 0 Å². The van der Waals surface area contributed by atoms with Crippen molar-refractivity contribution in [1.29, 1.82) is 0 Å². The van der Waals surface area contributed by atoms with Crippen LogP contribution in [0, 0.1) is 5.41 Å². The maximum atomic E-state index is 12.0. The molecule has 0 bridgehead atoms. The number of hydrogen-bond donors (Lipinski definition) is 2. The number of carbonyl (C=O) groups is 1. The van der Waals surface area contributed by atoms with Crippen LogP contribution in [-0.2, 0) is 4.79 Å². The van der Waals surface area contributed by atoms with Crippen molar-refractivity contribution in [3.8, 4) is 0 Å². The summed E-state index contributed by atoms with van der Waals surface area (Å²) < 4.78 is 0. The summed E-state index contributed by atoms with van der Waals surface area (Å²) in [5.74, 6) is 0.0300. The fourth-order valence-electron chi connectivity index (χ4n) is 1.79. The zero-order chi connectivity index (χ0) is 11.7. The molecule has 0 saturated heterocycles. The first-order chi connectivity index (χ1) is 6.76. The third-order valence-electron chi connectivity index (χ3n) is 3.59. The Labute approximate surface area is 92.8 Å². The van der Waals surface area contributed by atoms with E-state index in [1.165, 1.54) is 0 Å². The van der Waals surface area contributed by atoms with Gasteiger partial charge in [-0.3, -0.25) is 4.79 Å². The summed E-state index contributed by atoms with van der Waals surface area (Å²) in [7, 11) is 0. The molecule has 88 valence electrons. The molecule has 1 unspecified atom stereocenters. The van der Waals surface area contributed by atoms with Crippen LogP contribution in [-0.4, -0.2) is 17.5 Å². The van der Waals surface area contributed by atoms with Crippen molar-refractivity contribution in [3.63, 3.8) is 0 Å². The Morgan fingerprint density at radius 1 is 1.33 bits per heavy atom. The highest BCUT2D eigenvalue weighted by Gasteiger charge is 2.38. The Kier molecular flexibility index (Phi) is 3.44. The van der Waals surface area contributed by atoms with Crippen molar-refractivity contribution in [2.75, 3.05) is 0 Å². The minimum absolute atomic E-state index is 0.0300. The first-order valence-corrected chi connectivity index (χ1v) is 5.85. The Hall–Kier alpha value is -0.570. The van der Waals surface area contributed by atoms with E-state index in [1.54, 1.807) is 0 Å². The number of amides is 1. The maximum Gasteiger partial charge on any atom is 0.240 e. The molecular formula is C12H24N2O. The molecule has 1 amide bonds. The van der Waals surface area contributed by atoms with Gasteiger partial charge in [0.1, 0.15) is 0 Å². The number of nitrogens with one attached hydrogen (secondary N) is 1. The molecule has 0 aromatic rings. The summed E-state index contributed by atoms with van der Waals surface area (Å²) >= 11 is 0. The second-order valence-corrected chi connectivity index (χ2v) is 5.92. The van der Waals surface area contributed by atoms with Gasteiger partial charge in [-0.05, 0) is 25.2 Å². The molecule has 1 fully saturated rings. The first kappa shape index (κ1) is 12.5. The van der Waals surface area contributed by atoms with Crippen molar-refractivity contribution < 1.29 is 4.79 Å². The molecule has 3 N–H and O–H groups in total. The Morgan fingerprint density at radius 3 is 2.20 bits per heavy atom. The average Bonchev–Trinajstić information content (AvgIpc) is 2.51. The molecule has 1 atom stereocenters. The van der Waals surface area contributed by atoms with Crippen LogP contribution < -0.4 is 11.1 Å². The quantitative estimate of drug-likeness (QED) is 0.733. The number of carbonyl (C=O) groups excluding carboxylic acids is 1. The molecule has 1 aliphatic rings. The third kappa shape index (κ3) is 2.94. The lowest BCUT2D eigenvalue weighted by Crippen LogP contribution is -2.56. The lowest BCUT2D eigenvalue weighted by atomic mass is 9.87. The minimum Gasteiger partial charge on any atom is -0.352 e. The third-order valence-corrected chi connectivity index (χ3v) is 3.59. The van der Waals surface area contributed by atoms with Crippen molar-refractivity contribution >= 4 is 5.91 Å².